The number of carbonyl (C=O) groups is 1. The average molecular weight is 500 g/mol. The molecule has 188 valence electrons. The molecule has 0 saturated heterocycles. The molecule has 1 aliphatic heterocycles. The molecule has 0 bridgehead atoms. The first-order valence-electron chi connectivity index (χ1n) is 11.8. The number of benzene rings is 1. The Hall–Kier alpha value is -2.93. The molecule has 8 nitrogen and oxygen atoms in total. The van der Waals surface area contributed by atoms with Crippen molar-refractivity contribution in [2.24, 2.45) is 5.92 Å². The Labute approximate surface area is 208 Å². The van der Waals surface area contributed by atoms with Crippen LogP contribution in [0.5, 0.6) is 5.75 Å². The number of aliphatic hydroxyl groups excluding tert-OH is 1. The fraction of sp³-hybridized carbons (Fsp3) is 0.462. The molecule has 3 atom stereocenters. The van der Waals surface area contributed by atoms with Crippen LogP contribution < -0.4 is 4.74 Å². The fourth-order valence-electron chi connectivity index (χ4n) is 3.85. The van der Waals surface area contributed by atoms with Crippen LogP contribution in [0.1, 0.15) is 49.7 Å². The number of ether oxygens (including phenoxy) is 1. The van der Waals surface area contributed by atoms with E-state index in [0.717, 1.165) is 12.8 Å². The van der Waals surface area contributed by atoms with Crippen molar-refractivity contribution in [2.45, 2.75) is 50.7 Å². The Kier molecular flexibility index (Phi) is 8.89. The molecule has 35 heavy (non-hydrogen) atoms. The quantitative estimate of drug-likeness (QED) is 0.614. The van der Waals surface area contributed by atoms with E-state index in [1.807, 2.05) is 13.8 Å². The summed E-state index contributed by atoms with van der Waals surface area (Å²) in [6.07, 6.45) is 2.71. The van der Waals surface area contributed by atoms with Crippen molar-refractivity contribution in [3.63, 3.8) is 0 Å². The zero-order chi connectivity index (χ0) is 25.6. The minimum atomic E-state index is -3.93. The molecule has 1 N–H and O–H groups in total. The first kappa shape index (κ1) is 26.7. The molecule has 0 aliphatic carbocycles. The number of carbonyl (C=O) groups excluding carboxylic acids is 1. The number of aliphatic hydroxyl groups is 1. The summed E-state index contributed by atoms with van der Waals surface area (Å²) in [6.45, 7) is 5.64. The predicted molar refractivity (Wildman–Crippen MR) is 133 cm³/mol. The maximum absolute atomic E-state index is 13.5. The van der Waals surface area contributed by atoms with Crippen LogP contribution in [0.2, 0.25) is 0 Å². The Balaban J connectivity index is 2.01. The maximum atomic E-state index is 13.5. The second-order valence-electron chi connectivity index (χ2n) is 8.85. The second-order valence-corrected chi connectivity index (χ2v) is 10.7. The lowest BCUT2D eigenvalue weighted by Crippen LogP contribution is -2.50. The molecule has 9 heteroatoms. The highest BCUT2D eigenvalue weighted by atomic mass is 32.2. The van der Waals surface area contributed by atoms with Gasteiger partial charge in [0.25, 0.3) is 5.91 Å². The van der Waals surface area contributed by atoms with Crippen molar-refractivity contribution >= 4 is 15.9 Å². The number of hydrogen-bond donors (Lipinski definition) is 1. The topological polar surface area (TPSA) is 100 Å². The summed E-state index contributed by atoms with van der Waals surface area (Å²) in [6, 6.07) is 9.34. The third-order valence-corrected chi connectivity index (χ3v) is 7.98. The molecule has 2 heterocycles. The average Bonchev–Trinajstić information content (AvgIpc) is 2.85. The number of hydrogen-bond acceptors (Lipinski definition) is 6. The molecule has 3 rings (SSSR count). The minimum absolute atomic E-state index is 0.0226. The van der Waals surface area contributed by atoms with Gasteiger partial charge in [0.1, 0.15) is 22.4 Å². The van der Waals surface area contributed by atoms with Crippen LogP contribution >= 0.6 is 0 Å². The van der Waals surface area contributed by atoms with Crippen molar-refractivity contribution < 1.29 is 23.1 Å². The van der Waals surface area contributed by atoms with Crippen molar-refractivity contribution in [3.8, 4) is 17.6 Å². The number of sulfonamides is 1. The molecular weight excluding hydrogens is 466 g/mol. The van der Waals surface area contributed by atoms with Gasteiger partial charge < -0.3 is 14.7 Å². The summed E-state index contributed by atoms with van der Waals surface area (Å²) in [5.41, 5.74) is 0.972. The van der Waals surface area contributed by atoms with E-state index < -0.39 is 22.2 Å². The molecule has 0 saturated carbocycles. The Morgan fingerprint density at radius 2 is 2.11 bits per heavy atom. The van der Waals surface area contributed by atoms with Gasteiger partial charge in [0.05, 0.1) is 13.2 Å². The minimum Gasteiger partial charge on any atom is -0.487 e. The van der Waals surface area contributed by atoms with Crippen molar-refractivity contribution in [2.75, 3.05) is 26.7 Å². The molecule has 0 spiro atoms. The van der Waals surface area contributed by atoms with E-state index in [9.17, 15) is 18.3 Å². The van der Waals surface area contributed by atoms with Gasteiger partial charge in [-0.25, -0.2) is 8.42 Å². The zero-order valence-corrected chi connectivity index (χ0v) is 21.5. The van der Waals surface area contributed by atoms with E-state index >= 15 is 0 Å². The maximum Gasteiger partial charge on any atom is 0.272 e. The summed E-state index contributed by atoms with van der Waals surface area (Å²) >= 11 is 0. The van der Waals surface area contributed by atoms with E-state index in [0.29, 0.717) is 11.3 Å². The Bertz CT molecular complexity index is 1190. The lowest BCUT2D eigenvalue weighted by Gasteiger charge is -2.37. The van der Waals surface area contributed by atoms with E-state index in [2.05, 4.69) is 16.8 Å². The normalized spacial score (nSPS) is 20.3. The number of unbranched alkanes of at least 4 members (excludes halogenated alkanes) is 1. The molecule has 1 aliphatic rings. The van der Waals surface area contributed by atoms with Gasteiger partial charge in [0.2, 0.25) is 10.0 Å². The lowest BCUT2D eigenvalue weighted by molar-refractivity contribution is 0.0559. The van der Waals surface area contributed by atoms with Gasteiger partial charge >= 0.3 is 0 Å². The first-order valence-corrected chi connectivity index (χ1v) is 13.2. The highest BCUT2D eigenvalue weighted by Crippen LogP contribution is 2.34. The summed E-state index contributed by atoms with van der Waals surface area (Å²) in [5.74, 6) is 5.79. The van der Waals surface area contributed by atoms with E-state index in [1.165, 1.54) is 15.3 Å². The van der Waals surface area contributed by atoms with Gasteiger partial charge in [-0.1, -0.05) is 31.8 Å². The standard InChI is InChI=1S/C26H33N3O5S/c1-5-6-7-10-21-12-13-25-23(15-21)34-24(17-28(4)26(31)22-11-8-9-14-27-22)19(2)16-29(20(3)18-30)35(25,32)33/h8-9,11-15,19-20,24,30H,5-6,16-18H2,1-4H3/t19-,20-,24+/m0/s1. The van der Waals surface area contributed by atoms with E-state index in [-0.39, 0.29) is 42.2 Å². The van der Waals surface area contributed by atoms with Gasteiger partial charge in [0, 0.05) is 43.7 Å². The van der Waals surface area contributed by atoms with Crippen LogP contribution in [-0.2, 0) is 10.0 Å². The third kappa shape index (κ3) is 6.20. The molecule has 2 aromatic rings. The number of fused-ring (bicyclic) bond motifs is 1. The lowest BCUT2D eigenvalue weighted by atomic mass is 10.0. The monoisotopic (exact) mass is 499 g/mol. The predicted octanol–water partition coefficient (Wildman–Crippen LogP) is 2.77. The highest BCUT2D eigenvalue weighted by molar-refractivity contribution is 7.89. The molecule has 1 aromatic carbocycles. The largest absolute Gasteiger partial charge is 0.487 e. The van der Waals surface area contributed by atoms with Crippen molar-refractivity contribution in [3.05, 3.63) is 53.9 Å². The number of amides is 1. The zero-order valence-electron chi connectivity index (χ0n) is 20.6. The summed E-state index contributed by atoms with van der Waals surface area (Å²) < 4.78 is 34.7. The molecule has 1 amide bonds. The van der Waals surface area contributed by atoms with E-state index in [4.69, 9.17) is 4.74 Å². The molecule has 0 radical (unpaired) electrons. The highest BCUT2D eigenvalue weighted by Gasteiger charge is 2.38. The van der Waals surface area contributed by atoms with Gasteiger partial charge in [-0.05, 0) is 43.7 Å². The molecule has 1 aromatic heterocycles. The van der Waals surface area contributed by atoms with Crippen LogP contribution in [0.4, 0.5) is 0 Å². The number of aromatic nitrogens is 1. The van der Waals surface area contributed by atoms with Gasteiger partial charge in [-0.2, -0.15) is 4.31 Å². The second kappa shape index (κ2) is 11.7. The fourth-order valence-corrected chi connectivity index (χ4v) is 5.67. The molecule has 0 unspecified atom stereocenters. The first-order chi connectivity index (χ1) is 16.7. The Morgan fingerprint density at radius 3 is 2.77 bits per heavy atom. The van der Waals surface area contributed by atoms with Crippen LogP contribution in [0.15, 0.2) is 47.5 Å². The number of pyridine rings is 1. The van der Waals surface area contributed by atoms with Crippen LogP contribution in [-0.4, -0.2) is 72.5 Å². The smallest absolute Gasteiger partial charge is 0.272 e. The van der Waals surface area contributed by atoms with Gasteiger partial charge in [-0.3, -0.25) is 9.78 Å². The van der Waals surface area contributed by atoms with Crippen molar-refractivity contribution in [1.29, 1.82) is 0 Å². The SMILES string of the molecule is CCCC#Cc1ccc2c(c1)O[C@H](CN(C)C(=O)c1ccccn1)[C@@H](C)CN([C@@H](C)CO)S2(=O)=O. The molecular formula is C26H33N3O5S. The van der Waals surface area contributed by atoms with Gasteiger partial charge in [0.15, 0.2) is 0 Å². The van der Waals surface area contributed by atoms with Crippen molar-refractivity contribution in [1.82, 2.24) is 14.2 Å². The Morgan fingerprint density at radius 1 is 1.34 bits per heavy atom. The number of nitrogens with zero attached hydrogens (tertiary/aromatic N) is 3. The summed E-state index contributed by atoms with van der Waals surface area (Å²) in [4.78, 5) is 18.6. The summed E-state index contributed by atoms with van der Waals surface area (Å²) in [5, 5.41) is 9.77. The van der Waals surface area contributed by atoms with Crippen LogP contribution in [0.25, 0.3) is 0 Å². The third-order valence-electron chi connectivity index (χ3n) is 5.96. The van der Waals surface area contributed by atoms with E-state index in [1.54, 1.807) is 50.5 Å². The summed E-state index contributed by atoms with van der Waals surface area (Å²) in [7, 11) is -2.26. The molecule has 0 fully saturated rings. The number of rotatable bonds is 6. The number of likely N-dealkylation sites (N-methyl/N-ethyl adjacent to an activating group) is 1. The van der Waals surface area contributed by atoms with Crippen LogP contribution in [0, 0.1) is 17.8 Å². The van der Waals surface area contributed by atoms with Gasteiger partial charge in [-0.15, -0.1) is 0 Å². The van der Waals surface area contributed by atoms with Crippen LogP contribution in [0.3, 0.4) is 0 Å².